The summed E-state index contributed by atoms with van der Waals surface area (Å²) in [6.45, 7) is 3.52. The van der Waals surface area contributed by atoms with Gasteiger partial charge < -0.3 is 5.11 Å². The number of aliphatic carboxylic acids is 1. The summed E-state index contributed by atoms with van der Waals surface area (Å²) in [4.78, 5) is 13.1. The maximum Gasteiger partial charge on any atom is 0.317 e. The largest absolute Gasteiger partial charge is 0.480 e. The quantitative estimate of drug-likeness (QED) is 0.756. The van der Waals surface area contributed by atoms with Gasteiger partial charge in [-0.3, -0.25) is 9.69 Å². The summed E-state index contributed by atoms with van der Waals surface area (Å²) in [5.74, 6) is 0.801. The third-order valence-corrected chi connectivity index (χ3v) is 3.81. The molecule has 0 spiro atoms. The Labute approximate surface area is 91.5 Å². The molecule has 0 saturated heterocycles. The van der Waals surface area contributed by atoms with E-state index in [9.17, 15) is 4.79 Å². The third kappa shape index (κ3) is 2.94. The van der Waals surface area contributed by atoms with Gasteiger partial charge in [0.2, 0.25) is 0 Å². The minimum atomic E-state index is -0.672. The smallest absolute Gasteiger partial charge is 0.317 e. The molecule has 2 atom stereocenters. The summed E-state index contributed by atoms with van der Waals surface area (Å²) in [5.41, 5.74) is 0. The van der Waals surface area contributed by atoms with Gasteiger partial charge in [0.05, 0.1) is 6.54 Å². The van der Waals surface area contributed by atoms with E-state index in [1.54, 1.807) is 0 Å². The van der Waals surface area contributed by atoms with Crippen molar-refractivity contribution in [1.82, 2.24) is 4.90 Å². The van der Waals surface area contributed by atoms with Crippen molar-refractivity contribution in [2.24, 2.45) is 11.8 Å². The monoisotopic (exact) mass is 211 g/mol. The predicted molar refractivity (Wildman–Crippen MR) is 58.7 cm³/mol. The van der Waals surface area contributed by atoms with E-state index in [0.717, 1.165) is 12.5 Å². The Kier molecular flexibility index (Phi) is 3.29. The van der Waals surface area contributed by atoms with E-state index in [1.165, 1.54) is 32.1 Å². The molecule has 0 aromatic rings. The highest BCUT2D eigenvalue weighted by Gasteiger charge is 2.33. The van der Waals surface area contributed by atoms with Crippen LogP contribution in [0, 0.1) is 11.8 Å². The van der Waals surface area contributed by atoms with E-state index in [4.69, 9.17) is 5.11 Å². The Balaban J connectivity index is 1.92. The summed E-state index contributed by atoms with van der Waals surface area (Å²) < 4.78 is 0. The first kappa shape index (κ1) is 10.9. The minimum Gasteiger partial charge on any atom is -0.480 e. The van der Waals surface area contributed by atoms with Crippen molar-refractivity contribution in [3.05, 3.63) is 0 Å². The first-order chi connectivity index (χ1) is 7.16. The first-order valence-corrected chi connectivity index (χ1v) is 6.12. The van der Waals surface area contributed by atoms with Gasteiger partial charge >= 0.3 is 5.97 Å². The lowest BCUT2D eigenvalue weighted by molar-refractivity contribution is -0.139. The van der Waals surface area contributed by atoms with E-state index in [0.29, 0.717) is 12.0 Å². The molecule has 3 nitrogen and oxygen atoms in total. The lowest BCUT2D eigenvalue weighted by atomic mass is 10.0. The molecule has 15 heavy (non-hydrogen) atoms. The summed E-state index contributed by atoms with van der Waals surface area (Å²) in [6, 6.07) is 0.529. The first-order valence-electron chi connectivity index (χ1n) is 6.12. The Bertz CT molecular complexity index is 238. The van der Waals surface area contributed by atoms with Crippen LogP contribution in [0.25, 0.3) is 0 Å². The fourth-order valence-electron chi connectivity index (χ4n) is 2.79. The van der Waals surface area contributed by atoms with Gasteiger partial charge in [0.25, 0.3) is 0 Å². The molecule has 0 radical (unpaired) electrons. The molecular weight excluding hydrogens is 190 g/mol. The van der Waals surface area contributed by atoms with E-state index in [1.807, 2.05) is 0 Å². The van der Waals surface area contributed by atoms with Crippen molar-refractivity contribution < 1.29 is 9.90 Å². The van der Waals surface area contributed by atoms with Crippen LogP contribution in [0.5, 0.6) is 0 Å². The lowest BCUT2D eigenvalue weighted by Crippen LogP contribution is -2.41. The highest BCUT2D eigenvalue weighted by molar-refractivity contribution is 5.69. The van der Waals surface area contributed by atoms with Crippen LogP contribution >= 0.6 is 0 Å². The molecule has 0 aliphatic heterocycles. The molecule has 2 unspecified atom stereocenters. The molecule has 0 amide bonds. The number of hydrogen-bond acceptors (Lipinski definition) is 2. The molecule has 3 heteroatoms. The van der Waals surface area contributed by atoms with Gasteiger partial charge in [0.15, 0.2) is 0 Å². The van der Waals surface area contributed by atoms with Crippen molar-refractivity contribution in [2.45, 2.75) is 45.1 Å². The minimum absolute atomic E-state index is 0.242. The zero-order valence-electron chi connectivity index (χ0n) is 9.48. The number of rotatable bonds is 5. The Morgan fingerprint density at radius 2 is 2.07 bits per heavy atom. The fourth-order valence-corrected chi connectivity index (χ4v) is 2.79. The number of carboxylic acids is 1. The van der Waals surface area contributed by atoms with Gasteiger partial charge in [-0.1, -0.05) is 13.3 Å². The number of carbonyl (C=O) groups is 1. The van der Waals surface area contributed by atoms with Gasteiger partial charge in [0, 0.05) is 12.6 Å². The summed E-state index contributed by atoms with van der Waals surface area (Å²) in [7, 11) is 0. The molecule has 2 aliphatic rings. The Morgan fingerprint density at radius 1 is 1.33 bits per heavy atom. The standard InChI is InChI=1S/C12H21NO2/c1-9-3-2-4-11(9)13(8-12(14)15)7-10-5-6-10/h9-11H,2-8H2,1H3,(H,14,15). The van der Waals surface area contributed by atoms with Crippen molar-refractivity contribution >= 4 is 5.97 Å². The summed E-state index contributed by atoms with van der Waals surface area (Å²) >= 11 is 0. The molecule has 86 valence electrons. The third-order valence-electron chi connectivity index (χ3n) is 3.81. The van der Waals surface area contributed by atoms with Crippen molar-refractivity contribution in [2.75, 3.05) is 13.1 Å². The maximum atomic E-state index is 10.8. The lowest BCUT2D eigenvalue weighted by Gasteiger charge is -2.30. The average Bonchev–Trinajstić information content (AvgIpc) is 2.86. The zero-order valence-corrected chi connectivity index (χ0v) is 9.48. The SMILES string of the molecule is CC1CCCC1N(CC(=O)O)CC1CC1. The average molecular weight is 211 g/mol. The molecule has 2 rings (SSSR count). The normalized spacial score (nSPS) is 31.1. The molecular formula is C12H21NO2. The second-order valence-electron chi connectivity index (χ2n) is 5.24. The highest BCUT2D eigenvalue weighted by atomic mass is 16.4. The van der Waals surface area contributed by atoms with Crippen molar-refractivity contribution in [3.8, 4) is 0 Å². The van der Waals surface area contributed by atoms with Gasteiger partial charge in [0.1, 0.15) is 0 Å². The summed E-state index contributed by atoms with van der Waals surface area (Å²) in [6.07, 6.45) is 6.34. The molecule has 0 aromatic heterocycles. The van der Waals surface area contributed by atoms with Crippen LogP contribution in [-0.4, -0.2) is 35.1 Å². The molecule has 0 heterocycles. The van der Waals surface area contributed by atoms with Crippen LogP contribution in [0.3, 0.4) is 0 Å². The van der Waals surface area contributed by atoms with Crippen LogP contribution in [0.4, 0.5) is 0 Å². The second-order valence-corrected chi connectivity index (χ2v) is 5.24. The number of nitrogens with zero attached hydrogens (tertiary/aromatic N) is 1. The van der Waals surface area contributed by atoms with Crippen LogP contribution < -0.4 is 0 Å². The van der Waals surface area contributed by atoms with E-state index in [2.05, 4.69) is 11.8 Å². The highest BCUT2D eigenvalue weighted by Crippen LogP contribution is 2.34. The van der Waals surface area contributed by atoms with E-state index in [-0.39, 0.29) is 6.54 Å². The zero-order chi connectivity index (χ0) is 10.8. The Hall–Kier alpha value is -0.570. The topological polar surface area (TPSA) is 40.5 Å². The predicted octanol–water partition coefficient (Wildman–Crippen LogP) is 1.97. The molecule has 1 N–H and O–H groups in total. The van der Waals surface area contributed by atoms with Gasteiger partial charge in [-0.05, 0) is 37.5 Å². The Morgan fingerprint density at radius 3 is 2.53 bits per heavy atom. The van der Waals surface area contributed by atoms with Crippen molar-refractivity contribution in [3.63, 3.8) is 0 Å². The van der Waals surface area contributed by atoms with Crippen LogP contribution in [0.15, 0.2) is 0 Å². The molecule has 2 aliphatic carbocycles. The van der Waals surface area contributed by atoms with Gasteiger partial charge in [-0.25, -0.2) is 0 Å². The van der Waals surface area contributed by atoms with Crippen LogP contribution in [0.1, 0.15) is 39.0 Å². The fraction of sp³-hybridized carbons (Fsp3) is 0.917. The maximum absolute atomic E-state index is 10.8. The van der Waals surface area contributed by atoms with Crippen LogP contribution in [-0.2, 0) is 4.79 Å². The van der Waals surface area contributed by atoms with E-state index < -0.39 is 5.97 Å². The van der Waals surface area contributed by atoms with E-state index >= 15 is 0 Å². The molecule has 0 bridgehead atoms. The second kappa shape index (κ2) is 4.52. The van der Waals surface area contributed by atoms with Gasteiger partial charge in [-0.2, -0.15) is 0 Å². The number of hydrogen-bond donors (Lipinski definition) is 1. The molecule has 2 fully saturated rings. The molecule has 2 saturated carbocycles. The summed E-state index contributed by atoms with van der Waals surface area (Å²) in [5, 5.41) is 8.92. The molecule has 0 aromatic carbocycles. The van der Waals surface area contributed by atoms with Gasteiger partial charge in [-0.15, -0.1) is 0 Å². The van der Waals surface area contributed by atoms with Crippen LogP contribution in [0.2, 0.25) is 0 Å². The number of carboxylic acid groups (broad SMARTS) is 1. The van der Waals surface area contributed by atoms with Crippen molar-refractivity contribution in [1.29, 1.82) is 0 Å².